The van der Waals surface area contributed by atoms with Gasteiger partial charge in [0.05, 0.1) is 6.10 Å². The van der Waals surface area contributed by atoms with Crippen LogP contribution < -0.4 is 10.1 Å². The highest BCUT2D eigenvalue weighted by molar-refractivity contribution is 6.30. The number of hydrogen-bond donors (Lipinski definition) is 2. The Morgan fingerprint density at radius 3 is 2.73 bits per heavy atom. The number of carbonyl (C=O) groups is 1. The topological polar surface area (TPSA) is 67.8 Å². The highest BCUT2D eigenvalue weighted by Crippen LogP contribution is 2.20. The highest BCUT2D eigenvalue weighted by Gasteiger charge is 2.21. The van der Waals surface area contributed by atoms with Crippen molar-refractivity contribution in [1.29, 1.82) is 0 Å². The Balaban J connectivity index is 1.60. The molecule has 6 heteroatoms. The zero-order chi connectivity index (χ0) is 15.8. The van der Waals surface area contributed by atoms with Gasteiger partial charge < -0.3 is 19.9 Å². The van der Waals surface area contributed by atoms with E-state index in [1.54, 1.807) is 24.3 Å². The first-order valence-corrected chi connectivity index (χ1v) is 7.94. The van der Waals surface area contributed by atoms with E-state index in [-0.39, 0.29) is 24.5 Å². The third kappa shape index (κ3) is 5.83. The summed E-state index contributed by atoms with van der Waals surface area (Å²) in [5, 5.41) is 13.4. The number of ether oxygens (including phenoxy) is 2. The first-order chi connectivity index (χ1) is 10.6. The molecule has 0 bridgehead atoms. The van der Waals surface area contributed by atoms with Crippen molar-refractivity contribution < 1.29 is 19.4 Å². The van der Waals surface area contributed by atoms with Gasteiger partial charge in [-0.05, 0) is 49.4 Å². The third-order valence-corrected chi connectivity index (χ3v) is 4.01. The van der Waals surface area contributed by atoms with Gasteiger partial charge in [0.2, 0.25) is 0 Å². The number of benzene rings is 1. The van der Waals surface area contributed by atoms with Crippen molar-refractivity contribution in [3.8, 4) is 5.75 Å². The van der Waals surface area contributed by atoms with E-state index in [0.29, 0.717) is 37.0 Å². The minimum atomic E-state index is -0.388. The van der Waals surface area contributed by atoms with E-state index in [4.69, 9.17) is 21.1 Å². The number of rotatable bonds is 7. The van der Waals surface area contributed by atoms with Crippen LogP contribution in [0.25, 0.3) is 0 Å². The van der Waals surface area contributed by atoms with Crippen molar-refractivity contribution in [1.82, 2.24) is 5.32 Å². The summed E-state index contributed by atoms with van der Waals surface area (Å²) in [6.45, 7) is 1.82. The normalized spacial score (nSPS) is 17.0. The van der Waals surface area contributed by atoms with Gasteiger partial charge in [-0.2, -0.15) is 0 Å². The summed E-state index contributed by atoms with van der Waals surface area (Å²) >= 11 is 5.77. The Morgan fingerprint density at radius 1 is 1.36 bits per heavy atom. The van der Waals surface area contributed by atoms with Gasteiger partial charge in [-0.15, -0.1) is 0 Å². The molecule has 1 atom stereocenters. The Kier molecular flexibility index (Phi) is 6.96. The second kappa shape index (κ2) is 8.98. The van der Waals surface area contributed by atoms with Crippen LogP contribution in [0.4, 0.5) is 0 Å². The SMILES string of the molecule is O=C(COc1ccc(Cl)cc1)NCC[C@@H](O)C1CCOCC1. The molecule has 1 saturated heterocycles. The lowest BCUT2D eigenvalue weighted by Gasteiger charge is -2.26. The standard InChI is InChI=1S/C16H22ClNO4/c17-13-1-3-14(4-2-13)22-11-16(20)18-8-5-15(19)12-6-9-21-10-7-12/h1-4,12,15,19H,5-11H2,(H,18,20)/t15-/m1/s1. The number of hydrogen-bond acceptors (Lipinski definition) is 4. The lowest BCUT2D eigenvalue weighted by Crippen LogP contribution is -2.34. The summed E-state index contributed by atoms with van der Waals surface area (Å²) in [6, 6.07) is 6.84. The molecule has 0 aliphatic carbocycles. The number of halogens is 1. The van der Waals surface area contributed by atoms with Crippen molar-refractivity contribution in [2.45, 2.75) is 25.4 Å². The summed E-state index contributed by atoms with van der Waals surface area (Å²) in [5.74, 6) is 0.673. The van der Waals surface area contributed by atoms with Crippen LogP contribution in [0.5, 0.6) is 5.75 Å². The quantitative estimate of drug-likeness (QED) is 0.804. The number of aliphatic hydroxyl groups is 1. The van der Waals surface area contributed by atoms with E-state index in [0.717, 1.165) is 12.8 Å². The first kappa shape index (κ1) is 17.1. The molecule has 1 amide bonds. The van der Waals surface area contributed by atoms with Gasteiger partial charge in [0, 0.05) is 24.8 Å². The smallest absolute Gasteiger partial charge is 0.257 e. The van der Waals surface area contributed by atoms with Gasteiger partial charge in [-0.25, -0.2) is 0 Å². The second-order valence-corrected chi connectivity index (χ2v) is 5.83. The van der Waals surface area contributed by atoms with Crippen LogP contribution in [0.1, 0.15) is 19.3 Å². The molecule has 22 heavy (non-hydrogen) atoms. The van der Waals surface area contributed by atoms with Crippen molar-refractivity contribution in [3.05, 3.63) is 29.3 Å². The fourth-order valence-electron chi connectivity index (χ4n) is 2.43. The predicted octanol–water partition coefficient (Wildman–Crippen LogP) is 2.01. The maximum Gasteiger partial charge on any atom is 0.257 e. The van der Waals surface area contributed by atoms with Gasteiger partial charge in [0.1, 0.15) is 5.75 Å². The molecule has 5 nitrogen and oxygen atoms in total. The monoisotopic (exact) mass is 327 g/mol. The number of carbonyl (C=O) groups excluding carboxylic acids is 1. The molecule has 1 aliphatic heterocycles. The fraction of sp³-hybridized carbons (Fsp3) is 0.562. The molecule has 0 saturated carbocycles. The van der Waals surface area contributed by atoms with Crippen LogP contribution >= 0.6 is 11.6 Å². The summed E-state index contributed by atoms with van der Waals surface area (Å²) in [5.41, 5.74) is 0. The minimum Gasteiger partial charge on any atom is -0.484 e. The molecule has 122 valence electrons. The van der Waals surface area contributed by atoms with Gasteiger partial charge in [-0.3, -0.25) is 4.79 Å². The maximum absolute atomic E-state index is 11.7. The zero-order valence-electron chi connectivity index (χ0n) is 12.5. The number of aliphatic hydroxyl groups excluding tert-OH is 1. The maximum atomic E-state index is 11.7. The molecule has 0 spiro atoms. The number of nitrogens with one attached hydrogen (secondary N) is 1. The van der Waals surface area contributed by atoms with Crippen LogP contribution in [-0.4, -0.2) is 43.5 Å². The van der Waals surface area contributed by atoms with Crippen LogP contribution in [0, 0.1) is 5.92 Å². The molecule has 0 aromatic heterocycles. The Bertz CT molecular complexity index is 460. The Labute approximate surface area is 135 Å². The molecule has 1 fully saturated rings. The van der Waals surface area contributed by atoms with Crippen molar-refractivity contribution in [2.75, 3.05) is 26.4 Å². The summed E-state index contributed by atoms with van der Waals surface area (Å²) < 4.78 is 10.6. The average molecular weight is 328 g/mol. The van der Waals surface area contributed by atoms with Crippen molar-refractivity contribution in [3.63, 3.8) is 0 Å². The van der Waals surface area contributed by atoms with E-state index < -0.39 is 0 Å². The van der Waals surface area contributed by atoms with E-state index in [1.165, 1.54) is 0 Å². The number of amides is 1. The molecule has 0 radical (unpaired) electrons. The van der Waals surface area contributed by atoms with Crippen LogP contribution in [0.2, 0.25) is 5.02 Å². The fourth-order valence-corrected chi connectivity index (χ4v) is 2.55. The van der Waals surface area contributed by atoms with E-state index >= 15 is 0 Å². The molecule has 2 rings (SSSR count). The van der Waals surface area contributed by atoms with E-state index in [1.807, 2.05) is 0 Å². The van der Waals surface area contributed by atoms with Crippen LogP contribution in [-0.2, 0) is 9.53 Å². The molecular formula is C16H22ClNO4. The first-order valence-electron chi connectivity index (χ1n) is 7.56. The third-order valence-electron chi connectivity index (χ3n) is 3.76. The van der Waals surface area contributed by atoms with E-state index in [2.05, 4.69) is 5.32 Å². The van der Waals surface area contributed by atoms with Gasteiger partial charge in [0.15, 0.2) is 6.61 Å². The predicted molar refractivity (Wildman–Crippen MR) is 84.1 cm³/mol. The Hall–Kier alpha value is -1.30. The van der Waals surface area contributed by atoms with Crippen molar-refractivity contribution >= 4 is 17.5 Å². The average Bonchev–Trinajstić information content (AvgIpc) is 2.55. The molecule has 1 aliphatic rings. The molecule has 2 N–H and O–H groups in total. The lowest BCUT2D eigenvalue weighted by atomic mass is 9.92. The second-order valence-electron chi connectivity index (χ2n) is 5.40. The molecular weight excluding hydrogens is 306 g/mol. The minimum absolute atomic E-state index is 0.0466. The van der Waals surface area contributed by atoms with Gasteiger partial charge in [0.25, 0.3) is 5.91 Å². The molecule has 1 aromatic carbocycles. The van der Waals surface area contributed by atoms with Crippen LogP contribution in [0.15, 0.2) is 24.3 Å². The van der Waals surface area contributed by atoms with Gasteiger partial charge >= 0.3 is 0 Å². The summed E-state index contributed by atoms with van der Waals surface area (Å²) in [4.78, 5) is 11.7. The lowest BCUT2D eigenvalue weighted by molar-refractivity contribution is -0.123. The molecule has 1 aromatic rings. The largest absolute Gasteiger partial charge is 0.484 e. The van der Waals surface area contributed by atoms with E-state index in [9.17, 15) is 9.90 Å². The zero-order valence-corrected chi connectivity index (χ0v) is 13.2. The summed E-state index contributed by atoms with van der Waals surface area (Å²) in [7, 11) is 0. The van der Waals surface area contributed by atoms with Gasteiger partial charge in [-0.1, -0.05) is 11.6 Å². The van der Waals surface area contributed by atoms with Crippen molar-refractivity contribution in [2.24, 2.45) is 5.92 Å². The molecule has 1 heterocycles. The Morgan fingerprint density at radius 2 is 2.05 bits per heavy atom. The summed E-state index contributed by atoms with van der Waals surface area (Å²) in [6.07, 6.45) is 1.93. The molecule has 0 unspecified atom stereocenters. The van der Waals surface area contributed by atoms with Crippen LogP contribution in [0.3, 0.4) is 0 Å². The highest BCUT2D eigenvalue weighted by atomic mass is 35.5.